The molecule has 3 heterocycles. The summed E-state index contributed by atoms with van der Waals surface area (Å²) < 4.78 is 0. The Hall–Kier alpha value is -1.99. The first kappa shape index (κ1) is 17.4. The second kappa shape index (κ2) is 7.32. The van der Waals surface area contributed by atoms with Crippen LogP contribution >= 0.6 is 11.8 Å². The van der Waals surface area contributed by atoms with Crippen LogP contribution in [0, 0.1) is 12.8 Å². The quantitative estimate of drug-likeness (QED) is 0.769. The van der Waals surface area contributed by atoms with Gasteiger partial charge in [0.05, 0.1) is 10.6 Å². The van der Waals surface area contributed by atoms with Gasteiger partial charge >= 0.3 is 0 Å². The van der Waals surface area contributed by atoms with E-state index in [0.717, 1.165) is 52.3 Å². The first-order valence-electron chi connectivity index (χ1n) is 9.21. The van der Waals surface area contributed by atoms with Crippen LogP contribution in [0.4, 0.5) is 5.69 Å². The summed E-state index contributed by atoms with van der Waals surface area (Å²) in [7, 11) is 0. The summed E-state index contributed by atoms with van der Waals surface area (Å²) in [4.78, 5) is 23.2. The maximum Gasteiger partial charge on any atom is 0.259 e. The Morgan fingerprint density at radius 3 is 3.19 bits per heavy atom. The number of aromatic nitrogens is 2. The number of carbonyl (C=O) groups excluding carboxylic acids is 1. The van der Waals surface area contributed by atoms with Crippen LogP contribution < -0.4 is 16.0 Å². The van der Waals surface area contributed by atoms with Crippen molar-refractivity contribution in [2.45, 2.75) is 32.2 Å². The lowest BCUT2D eigenvalue weighted by Gasteiger charge is -2.27. The van der Waals surface area contributed by atoms with Gasteiger partial charge in [-0.05, 0) is 37.3 Å². The van der Waals surface area contributed by atoms with E-state index in [0.29, 0.717) is 12.5 Å². The van der Waals surface area contributed by atoms with E-state index in [-0.39, 0.29) is 11.9 Å². The topological polar surface area (TPSA) is 87.0 Å². The molecule has 1 aliphatic carbocycles. The fourth-order valence-corrected chi connectivity index (χ4v) is 4.79. The molecule has 0 aromatic carbocycles. The number of nitrogens with zero attached hydrogens (tertiary/aromatic N) is 2. The number of hydrogen-bond acceptors (Lipinski definition) is 5. The van der Waals surface area contributed by atoms with Gasteiger partial charge in [-0.15, -0.1) is 11.8 Å². The van der Waals surface area contributed by atoms with Crippen molar-refractivity contribution < 1.29 is 4.79 Å². The summed E-state index contributed by atoms with van der Waals surface area (Å²) >= 11 is 1.62. The number of hydrogen-bond donors (Lipinski definition) is 3. The van der Waals surface area contributed by atoms with Crippen LogP contribution in [-0.4, -0.2) is 40.8 Å². The summed E-state index contributed by atoms with van der Waals surface area (Å²) in [5, 5.41) is 4.20. The van der Waals surface area contributed by atoms with E-state index >= 15 is 0 Å². The second-order valence-corrected chi connectivity index (χ2v) is 8.26. The molecule has 138 valence electrons. The van der Waals surface area contributed by atoms with Gasteiger partial charge in [0.15, 0.2) is 0 Å². The van der Waals surface area contributed by atoms with Gasteiger partial charge in [-0.2, -0.15) is 0 Å². The molecule has 2 aliphatic rings. The number of aromatic amines is 1. The summed E-state index contributed by atoms with van der Waals surface area (Å²) in [5.41, 5.74) is 9.25. The smallest absolute Gasteiger partial charge is 0.259 e. The highest BCUT2D eigenvalue weighted by Gasteiger charge is 2.25. The first-order chi connectivity index (χ1) is 12.6. The van der Waals surface area contributed by atoms with E-state index in [4.69, 9.17) is 5.73 Å². The van der Waals surface area contributed by atoms with Crippen molar-refractivity contribution in [1.29, 1.82) is 0 Å². The average molecular weight is 372 g/mol. The van der Waals surface area contributed by atoms with E-state index in [1.165, 1.54) is 6.42 Å². The van der Waals surface area contributed by atoms with Crippen molar-refractivity contribution in [3.63, 3.8) is 0 Å². The van der Waals surface area contributed by atoms with Gasteiger partial charge in [0.1, 0.15) is 5.65 Å². The highest BCUT2D eigenvalue weighted by molar-refractivity contribution is 8.04. The third-order valence-corrected chi connectivity index (χ3v) is 6.38. The van der Waals surface area contributed by atoms with Crippen molar-refractivity contribution >= 4 is 34.4 Å². The maximum atomic E-state index is 12.6. The third-order valence-electron chi connectivity index (χ3n) is 5.39. The molecule has 0 unspecified atom stereocenters. The highest BCUT2D eigenvalue weighted by Crippen LogP contribution is 2.32. The number of rotatable bonds is 4. The van der Waals surface area contributed by atoms with E-state index in [9.17, 15) is 4.79 Å². The van der Waals surface area contributed by atoms with Crippen molar-refractivity contribution in [1.82, 2.24) is 15.3 Å². The van der Waals surface area contributed by atoms with Gasteiger partial charge in [0, 0.05) is 48.9 Å². The molecular formula is C19H25N5OS. The minimum absolute atomic E-state index is 0.00916. The number of thioether (sulfide) groups is 1. The Morgan fingerprint density at radius 1 is 1.50 bits per heavy atom. The minimum atomic E-state index is 0.00916. The fraction of sp³-hybridized carbons (Fsp3) is 0.474. The predicted molar refractivity (Wildman–Crippen MR) is 107 cm³/mol. The van der Waals surface area contributed by atoms with Gasteiger partial charge in [0.25, 0.3) is 5.91 Å². The number of fused-ring (bicyclic) bond motifs is 1. The molecule has 0 saturated heterocycles. The normalized spacial score (nSPS) is 23.3. The zero-order valence-corrected chi connectivity index (χ0v) is 15.8. The lowest BCUT2D eigenvalue weighted by Crippen LogP contribution is -2.37. The molecule has 0 bridgehead atoms. The van der Waals surface area contributed by atoms with E-state index in [1.807, 2.05) is 24.7 Å². The molecule has 2 aromatic heterocycles. The number of nitrogens with two attached hydrogens (primary N) is 1. The Morgan fingerprint density at radius 2 is 2.38 bits per heavy atom. The molecule has 6 nitrogen and oxygen atoms in total. The third kappa shape index (κ3) is 3.33. The summed E-state index contributed by atoms with van der Waals surface area (Å²) in [6.45, 7) is 3.62. The zero-order chi connectivity index (χ0) is 18.1. The van der Waals surface area contributed by atoms with Crippen LogP contribution in [0.1, 0.15) is 24.8 Å². The first-order valence-corrected chi connectivity index (χ1v) is 10.2. The average Bonchev–Trinajstić information content (AvgIpc) is 3.25. The zero-order valence-electron chi connectivity index (χ0n) is 15.0. The van der Waals surface area contributed by atoms with Gasteiger partial charge in [0.2, 0.25) is 0 Å². The van der Waals surface area contributed by atoms with E-state index in [2.05, 4.69) is 27.1 Å². The predicted octanol–water partition coefficient (Wildman–Crippen LogP) is 2.51. The second-order valence-electron chi connectivity index (χ2n) is 7.13. The number of anilines is 1. The molecule has 0 radical (unpaired) electrons. The van der Waals surface area contributed by atoms with E-state index in [1.54, 1.807) is 11.8 Å². The lowest BCUT2D eigenvalue weighted by atomic mass is 10.1. The van der Waals surface area contributed by atoms with Gasteiger partial charge in [-0.3, -0.25) is 4.79 Å². The molecule has 1 amide bonds. The van der Waals surface area contributed by atoms with Gasteiger partial charge in [-0.25, -0.2) is 4.98 Å². The highest BCUT2D eigenvalue weighted by atomic mass is 32.2. The van der Waals surface area contributed by atoms with Crippen LogP contribution in [-0.2, 0) is 4.79 Å². The van der Waals surface area contributed by atoms with E-state index < -0.39 is 0 Å². The minimum Gasteiger partial charge on any atom is -0.351 e. The maximum absolute atomic E-state index is 12.6. The summed E-state index contributed by atoms with van der Waals surface area (Å²) in [5.74, 6) is 1.30. The molecule has 7 heteroatoms. The largest absolute Gasteiger partial charge is 0.351 e. The van der Waals surface area contributed by atoms with Crippen molar-refractivity contribution in [3.8, 4) is 0 Å². The molecule has 1 fully saturated rings. The van der Waals surface area contributed by atoms with Crippen molar-refractivity contribution in [3.05, 3.63) is 35.1 Å². The van der Waals surface area contributed by atoms with Gasteiger partial charge in [-0.1, -0.05) is 6.42 Å². The molecule has 1 aliphatic heterocycles. The number of aryl methyl sites for hydroxylation is 1. The molecule has 26 heavy (non-hydrogen) atoms. The molecule has 4 rings (SSSR count). The molecule has 0 spiro atoms. The number of carbonyl (C=O) groups is 1. The number of nitrogens with one attached hydrogen (secondary N) is 2. The Bertz CT molecular complexity index is 846. The van der Waals surface area contributed by atoms with Gasteiger partial charge < -0.3 is 20.9 Å². The number of pyridine rings is 1. The van der Waals surface area contributed by atoms with Crippen LogP contribution in [0.25, 0.3) is 11.0 Å². The molecule has 2 aromatic rings. The van der Waals surface area contributed by atoms with Crippen LogP contribution in [0.15, 0.2) is 29.6 Å². The summed E-state index contributed by atoms with van der Waals surface area (Å²) in [6, 6.07) is 2.24. The Labute approximate surface area is 157 Å². The Kier molecular flexibility index (Phi) is 4.91. The molecular weight excluding hydrogens is 346 g/mol. The molecule has 1 saturated carbocycles. The van der Waals surface area contributed by atoms with Crippen LogP contribution in [0.3, 0.4) is 0 Å². The van der Waals surface area contributed by atoms with Crippen LogP contribution in [0.5, 0.6) is 0 Å². The number of H-pyrrole nitrogens is 1. The molecule has 4 N–H and O–H groups in total. The van der Waals surface area contributed by atoms with Crippen molar-refractivity contribution in [2.75, 3.05) is 23.7 Å². The number of amides is 1. The van der Waals surface area contributed by atoms with Crippen LogP contribution in [0.2, 0.25) is 0 Å². The standard InChI is InChI=1S/C19H25N5OS/c1-12-9-22-18-17(12)15(5-6-21-18)24-7-8-26-16(11-24)19(25)23-10-13-3-2-4-14(13)20/h5-6,9,11,13-14H,2-4,7-8,10,20H2,1H3,(H,21,22)(H,23,25)/t13-,14-/m0/s1. The van der Waals surface area contributed by atoms with Crippen molar-refractivity contribution in [2.24, 2.45) is 11.7 Å². The monoisotopic (exact) mass is 371 g/mol. The summed E-state index contributed by atoms with van der Waals surface area (Å²) in [6.07, 6.45) is 9.11. The molecule has 2 atom stereocenters. The SMILES string of the molecule is Cc1c[nH]c2nccc(N3C=C(C(=O)NC[C@@H]4CCC[C@@H]4N)SCC3)c12. The Balaban J connectivity index is 1.51. The fourth-order valence-electron chi connectivity index (χ4n) is 3.88. The lowest BCUT2D eigenvalue weighted by molar-refractivity contribution is -0.117.